The lowest BCUT2D eigenvalue weighted by Gasteiger charge is -2.24. The Morgan fingerprint density at radius 2 is 2.50 bits per heavy atom. The fourth-order valence-electron chi connectivity index (χ4n) is 0.891. The number of carbonyl (C=O) groups is 1. The number of hydrogen-bond donors (Lipinski definition) is 2. The molecule has 3 N–H and O–H groups in total. The van der Waals surface area contributed by atoms with Gasteiger partial charge in [0.05, 0.1) is 6.67 Å². The molecule has 1 saturated heterocycles. The number of hydrazine groups is 1. The predicted molar refractivity (Wildman–Crippen MR) is 36.9 cm³/mol. The number of amides is 2. The van der Waals surface area contributed by atoms with Crippen molar-refractivity contribution in [1.29, 1.82) is 0 Å². The summed E-state index contributed by atoms with van der Waals surface area (Å²) in [7, 11) is 1.66. The zero-order valence-electron chi connectivity index (χ0n) is 6.00. The molecule has 0 aromatic carbocycles. The van der Waals surface area contributed by atoms with Crippen LogP contribution in [0.4, 0.5) is 4.79 Å². The molecule has 0 atom stereocenters. The Bertz CT molecular complexity index is 132. The summed E-state index contributed by atoms with van der Waals surface area (Å²) in [6, 6.07) is -0.413. The SMILES string of the molecule is CN(C(N)=O)N1CCNC1. The van der Waals surface area contributed by atoms with E-state index in [0.29, 0.717) is 6.67 Å². The molecule has 1 rings (SSSR count). The van der Waals surface area contributed by atoms with Crippen LogP contribution in [0, 0.1) is 0 Å². The van der Waals surface area contributed by atoms with Crippen LogP contribution < -0.4 is 11.1 Å². The van der Waals surface area contributed by atoms with Gasteiger partial charge in [-0.3, -0.25) is 5.01 Å². The van der Waals surface area contributed by atoms with Crippen LogP contribution >= 0.6 is 0 Å². The molecular formula is C5H12N4O. The third-order valence-corrected chi connectivity index (χ3v) is 1.58. The van der Waals surface area contributed by atoms with E-state index in [1.165, 1.54) is 5.01 Å². The molecule has 10 heavy (non-hydrogen) atoms. The molecule has 0 aromatic heterocycles. The topological polar surface area (TPSA) is 61.6 Å². The molecule has 0 unspecified atom stereocenters. The molecule has 0 aromatic rings. The monoisotopic (exact) mass is 144 g/mol. The fraction of sp³-hybridized carbons (Fsp3) is 0.800. The molecule has 1 aliphatic heterocycles. The summed E-state index contributed by atoms with van der Waals surface area (Å²) in [5, 5.41) is 6.35. The molecule has 0 aliphatic carbocycles. The van der Waals surface area contributed by atoms with Gasteiger partial charge >= 0.3 is 6.03 Å². The molecule has 58 valence electrons. The van der Waals surface area contributed by atoms with Gasteiger partial charge in [0.15, 0.2) is 0 Å². The molecule has 5 heteroatoms. The Kier molecular flexibility index (Phi) is 2.08. The minimum Gasteiger partial charge on any atom is -0.350 e. The Morgan fingerprint density at radius 1 is 1.80 bits per heavy atom. The average Bonchev–Trinajstić information content (AvgIpc) is 2.36. The van der Waals surface area contributed by atoms with Gasteiger partial charge in [-0.05, 0) is 0 Å². The molecule has 5 nitrogen and oxygen atoms in total. The largest absolute Gasteiger partial charge is 0.350 e. The summed E-state index contributed by atoms with van der Waals surface area (Å²) < 4.78 is 0. The standard InChI is InChI=1S/C5H12N4O/c1-8(5(6)10)9-3-2-7-4-9/h7H,2-4H2,1H3,(H2,6,10). The number of nitrogens with two attached hydrogens (primary N) is 1. The van der Waals surface area contributed by atoms with Crippen molar-refractivity contribution in [3.05, 3.63) is 0 Å². The summed E-state index contributed by atoms with van der Waals surface area (Å²) in [4.78, 5) is 10.6. The summed E-state index contributed by atoms with van der Waals surface area (Å²) in [5.41, 5.74) is 5.03. The summed E-state index contributed by atoms with van der Waals surface area (Å²) >= 11 is 0. The van der Waals surface area contributed by atoms with Crippen LogP contribution in [-0.4, -0.2) is 42.9 Å². The van der Waals surface area contributed by atoms with Crippen molar-refractivity contribution in [3.8, 4) is 0 Å². The van der Waals surface area contributed by atoms with Crippen LogP contribution in [0.25, 0.3) is 0 Å². The molecule has 0 spiro atoms. The second-order valence-electron chi connectivity index (χ2n) is 2.25. The van der Waals surface area contributed by atoms with Gasteiger partial charge < -0.3 is 11.1 Å². The Balaban J connectivity index is 2.39. The molecule has 0 bridgehead atoms. The molecule has 2 amide bonds. The van der Waals surface area contributed by atoms with E-state index in [4.69, 9.17) is 5.73 Å². The second kappa shape index (κ2) is 2.85. The molecular weight excluding hydrogens is 132 g/mol. The van der Waals surface area contributed by atoms with Gasteiger partial charge in [-0.2, -0.15) is 0 Å². The van der Waals surface area contributed by atoms with E-state index in [9.17, 15) is 4.79 Å². The van der Waals surface area contributed by atoms with Crippen LogP contribution in [0.1, 0.15) is 0 Å². The number of nitrogens with one attached hydrogen (secondary N) is 1. The molecule has 1 fully saturated rings. The van der Waals surface area contributed by atoms with E-state index in [1.54, 1.807) is 7.05 Å². The summed E-state index contributed by atoms with van der Waals surface area (Å²) in [6.07, 6.45) is 0. The number of carbonyl (C=O) groups excluding carboxylic acids is 1. The highest BCUT2D eigenvalue weighted by Gasteiger charge is 2.17. The summed E-state index contributed by atoms with van der Waals surface area (Å²) in [6.45, 7) is 2.47. The van der Waals surface area contributed by atoms with Gasteiger partial charge in [-0.1, -0.05) is 0 Å². The van der Waals surface area contributed by atoms with Gasteiger partial charge in [0.2, 0.25) is 0 Å². The number of hydrogen-bond acceptors (Lipinski definition) is 3. The van der Waals surface area contributed by atoms with Crippen LogP contribution in [0.5, 0.6) is 0 Å². The third-order valence-electron chi connectivity index (χ3n) is 1.58. The van der Waals surface area contributed by atoms with Crippen LogP contribution in [0.3, 0.4) is 0 Å². The maximum absolute atomic E-state index is 10.6. The van der Waals surface area contributed by atoms with Crippen LogP contribution in [0.2, 0.25) is 0 Å². The molecule has 0 radical (unpaired) electrons. The molecule has 1 heterocycles. The van der Waals surface area contributed by atoms with Crippen molar-refractivity contribution in [2.24, 2.45) is 5.73 Å². The normalized spacial score (nSPS) is 19.3. The van der Waals surface area contributed by atoms with E-state index in [2.05, 4.69) is 5.32 Å². The third kappa shape index (κ3) is 1.37. The highest BCUT2D eigenvalue weighted by molar-refractivity contribution is 5.71. The van der Waals surface area contributed by atoms with E-state index in [-0.39, 0.29) is 0 Å². The van der Waals surface area contributed by atoms with Crippen molar-refractivity contribution in [2.45, 2.75) is 0 Å². The Hall–Kier alpha value is -0.810. The lowest BCUT2D eigenvalue weighted by atomic mass is 10.7. The lowest BCUT2D eigenvalue weighted by molar-refractivity contribution is 0.0642. The van der Waals surface area contributed by atoms with E-state index in [1.807, 2.05) is 5.01 Å². The quantitative estimate of drug-likeness (QED) is 0.484. The first-order valence-electron chi connectivity index (χ1n) is 3.20. The maximum atomic E-state index is 10.6. The fourth-order valence-corrected chi connectivity index (χ4v) is 0.891. The van der Waals surface area contributed by atoms with Crippen LogP contribution in [0.15, 0.2) is 0 Å². The van der Waals surface area contributed by atoms with Gasteiger partial charge in [0, 0.05) is 20.1 Å². The molecule has 0 saturated carbocycles. The highest BCUT2D eigenvalue weighted by Crippen LogP contribution is 1.95. The minimum atomic E-state index is -0.413. The van der Waals surface area contributed by atoms with Crippen molar-refractivity contribution in [1.82, 2.24) is 15.3 Å². The van der Waals surface area contributed by atoms with Gasteiger partial charge in [0.1, 0.15) is 0 Å². The number of rotatable bonds is 1. The summed E-state index contributed by atoms with van der Waals surface area (Å²) in [5.74, 6) is 0. The minimum absolute atomic E-state index is 0.413. The van der Waals surface area contributed by atoms with Gasteiger partial charge in [-0.25, -0.2) is 9.80 Å². The zero-order valence-corrected chi connectivity index (χ0v) is 6.00. The number of urea groups is 1. The maximum Gasteiger partial charge on any atom is 0.329 e. The van der Waals surface area contributed by atoms with Crippen molar-refractivity contribution in [3.63, 3.8) is 0 Å². The highest BCUT2D eigenvalue weighted by atomic mass is 16.2. The zero-order chi connectivity index (χ0) is 7.56. The van der Waals surface area contributed by atoms with Crippen molar-refractivity contribution in [2.75, 3.05) is 26.8 Å². The van der Waals surface area contributed by atoms with Crippen molar-refractivity contribution >= 4 is 6.03 Å². The van der Waals surface area contributed by atoms with E-state index < -0.39 is 6.03 Å². The first kappa shape index (κ1) is 7.30. The van der Waals surface area contributed by atoms with Crippen molar-refractivity contribution < 1.29 is 4.79 Å². The first-order chi connectivity index (χ1) is 4.72. The van der Waals surface area contributed by atoms with Gasteiger partial charge in [-0.15, -0.1) is 0 Å². The number of nitrogens with zero attached hydrogens (tertiary/aromatic N) is 2. The smallest absolute Gasteiger partial charge is 0.329 e. The first-order valence-corrected chi connectivity index (χ1v) is 3.20. The van der Waals surface area contributed by atoms with E-state index in [0.717, 1.165) is 13.1 Å². The predicted octanol–water partition coefficient (Wildman–Crippen LogP) is -1.23. The van der Waals surface area contributed by atoms with E-state index >= 15 is 0 Å². The Morgan fingerprint density at radius 3 is 2.90 bits per heavy atom. The second-order valence-corrected chi connectivity index (χ2v) is 2.25. The Labute approximate surface area is 59.7 Å². The molecule has 1 aliphatic rings. The van der Waals surface area contributed by atoms with Gasteiger partial charge in [0.25, 0.3) is 0 Å². The lowest BCUT2D eigenvalue weighted by Crippen LogP contribution is -2.45. The number of primary amides is 1. The average molecular weight is 144 g/mol. The van der Waals surface area contributed by atoms with Crippen LogP contribution in [-0.2, 0) is 0 Å².